The quantitative estimate of drug-likeness (QED) is 0.879. The van der Waals surface area contributed by atoms with Crippen molar-refractivity contribution in [1.82, 2.24) is 9.78 Å². The Morgan fingerprint density at radius 1 is 1.28 bits per heavy atom. The summed E-state index contributed by atoms with van der Waals surface area (Å²) in [5, 5.41) is 13.0. The van der Waals surface area contributed by atoms with Crippen LogP contribution in [-0.4, -0.2) is 20.9 Å². The van der Waals surface area contributed by atoms with Gasteiger partial charge in [-0.2, -0.15) is 5.10 Å². The van der Waals surface area contributed by atoms with Gasteiger partial charge in [0.25, 0.3) is 0 Å². The van der Waals surface area contributed by atoms with Crippen LogP contribution in [0.1, 0.15) is 18.9 Å². The van der Waals surface area contributed by atoms with Gasteiger partial charge in [0.15, 0.2) is 0 Å². The van der Waals surface area contributed by atoms with Gasteiger partial charge in [-0.25, -0.2) is 0 Å². The van der Waals surface area contributed by atoms with E-state index < -0.39 is 5.97 Å². The number of aryl methyl sites for hydroxylation is 1. The Morgan fingerprint density at radius 3 is 2.61 bits per heavy atom. The van der Waals surface area contributed by atoms with E-state index in [9.17, 15) is 4.79 Å². The number of aliphatic carboxylic acids is 1. The van der Waals surface area contributed by atoms with Crippen LogP contribution in [0.2, 0.25) is 0 Å². The molecule has 0 saturated carbocycles. The Balaban J connectivity index is 2.15. The summed E-state index contributed by atoms with van der Waals surface area (Å²) >= 11 is 0. The highest BCUT2D eigenvalue weighted by atomic mass is 16.4. The van der Waals surface area contributed by atoms with Gasteiger partial charge < -0.3 is 5.11 Å². The summed E-state index contributed by atoms with van der Waals surface area (Å²) in [6.45, 7) is 3.03. The number of carboxylic acid groups (broad SMARTS) is 1. The molecule has 0 bridgehead atoms. The highest BCUT2D eigenvalue weighted by Gasteiger charge is 2.03. The van der Waals surface area contributed by atoms with Crippen molar-refractivity contribution in [2.75, 3.05) is 0 Å². The number of carboxylic acids is 1. The maximum atomic E-state index is 10.6. The molecule has 4 nitrogen and oxygen atoms in total. The number of hydrogen-bond donors (Lipinski definition) is 1. The number of carbonyl (C=O) groups is 1. The maximum absolute atomic E-state index is 10.6. The molecule has 1 heterocycles. The van der Waals surface area contributed by atoms with Gasteiger partial charge >= 0.3 is 5.97 Å². The zero-order valence-corrected chi connectivity index (χ0v) is 10.3. The highest BCUT2D eigenvalue weighted by molar-refractivity contribution is 5.71. The molecule has 94 valence electrons. The normalized spacial score (nSPS) is 10.5. The van der Waals surface area contributed by atoms with E-state index in [-0.39, 0.29) is 6.42 Å². The third-order valence-corrected chi connectivity index (χ3v) is 2.73. The molecule has 18 heavy (non-hydrogen) atoms. The summed E-state index contributed by atoms with van der Waals surface area (Å²) in [5.41, 5.74) is 2.93. The van der Waals surface area contributed by atoms with Gasteiger partial charge in [0.05, 0.1) is 12.6 Å². The first-order valence-electron chi connectivity index (χ1n) is 6.02. The van der Waals surface area contributed by atoms with Crippen LogP contribution in [0.25, 0.3) is 11.1 Å². The Hall–Kier alpha value is -2.10. The summed E-state index contributed by atoms with van der Waals surface area (Å²) in [5.74, 6) is -0.807. The van der Waals surface area contributed by atoms with E-state index in [1.807, 2.05) is 41.3 Å². The predicted molar refractivity (Wildman–Crippen MR) is 69.3 cm³/mol. The van der Waals surface area contributed by atoms with Crippen molar-refractivity contribution in [3.05, 3.63) is 42.2 Å². The molecular formula is C14H16N2O2. The van der Waals surface area contributed by atoms with Gasteiger partial charge in [0.2, 0.25) is 0 Å². The molecule has 0 fully saturated rings. The number of benzene rings is 1. The summed E-state index contributed by atoms with van der Waals surface area (Å²) in [6.07, 6.45) is 4.96. The fourth-order valence-corrected chi connectivity index (χ4v) is 1.85. The van der Waals surface area contributed by atoms with Crippen LogP contribution in [-0.2, 0) is 17.8 Å². The molecule has 0 atom stereocenters. The van der Waals surface area contributed by atoms with Gasteiger partial charge in [-0.05, 0) is 17.5 Å². The minimum atomic E-state index is -0.807. The molecule has 0 unspecified atom stereocenters. The molecule has 1 aromatic heterocycles. The average molecular weight is 244 g/mol. The van der Waals surface area contributed by atoms with E-state index in [1.165, 1.54) is 0 Å². The van der Waals surface area contributed by atoms with Gasteiger partial charge in [-0.1, -0.05) is 31.2 Å². The SMILES string of the molecule is CCCn1cc(-c2ccc(CC(=O)O)cc2)cn1. The standard InChI is InChI=1S/C14H16N2O2/c1-2-7-16-10-13(9-15-16)12-5-3-11(4-6-12)8-14(17)18/h3-6,9-10H,2,7-8H2,1H3,(H,17,18). The molecule has 0 spiro atoms. The molecule has 2 rings (SSSR count). The molecule has 4 heteroatoms. The van der Waals surface area contributed by atoms with Crippen LogP contribution in [0.15, 0.2) is 36.7 Å². The van der Waals surface area contributed by atoms with Crippen molar-refractivity contribution in [3.63, 3.8) is 0 Å². The monoisotopic (exact) mass is 244 g/mol. The van der Waals surface area contributed by atoms with E-state index in [4.69, 9.17) is 5.11 Å². The lowest BCUT2D eigenvalue weighted by molar-refractivity contribution is -0.136. The van der Waals surface area contributed by atoms with Crippen LogP contribution in [0.5, 0.6) is 0 Å². The summed E-state index contributed by atoms with van der Waals surface area (Å²) in [6, 6.07) is 7.57. The van der Waals surface area contributed by atoms with Crippen LogP contribution in [0, 0.1) is 0 Å². The Bertz CT molecular complexity index is 529. The number of hydrogen-bond acceptors (Lipinski definition) is 2. The highest BCUT2D eigenvalue weighted by Crippen LogP contribution is 2.19. The van der Waals surface area contributed by atoms with Crippen molar-refractivity contribution in [2.24, 2.45) is 0 Å². The molecular weight excluding hydrogens is 228 g/mol. The second-order valence-corrected chi connectivity index (χ2v) is 4.26. The van der Waals surface area contributed by atoms with E-state index in [0.29, 0.717) is 0 Å². The van der Waals surface area contributed by atoms with Crippen LogP contribution in [0.3, 0.4) is 0 Å². The third-order valence-electron chi connectivity index (χ3n) is 2.73. The van der Waals surface area contributed by atoms with Crippen molar-refractivity contribution in [1.29, 1.82) is 0 Å². The first-order valence-corrected chi connectivity index (χ1v) is 6.02. The molecule has 2 aromatic rings. The third kappa shape index (κ3) is 2.97. The minimum Gasteiger partial charge on any atom is -0.481 e. The molecule has 0 amide bonds. The summed E-state index contributed by atoms with van der Waals surface area (Å²) in [4.78, 5) is 10.6. The Morgan fingerprint density at radius 2 is 2.00 bits per heavy atom. The molecule has 0 saturated heterocycles. The second-order valence-electron chi connectivity index (χ2n) is 4.26. The number of rotatable bonds is 5. The number of nitrogens with zero attached hydrogens (tertiary/aromatic N) is 2. The average Bonchev–Trinajstić information content (AvgIpc) is 2.78. The van der Waals surface area contributed by atoms with Crippen LogP contribution >= 0.6 is 0 Å². The lowest BCUT2D eigenvalue weighted by atomic mass is 10.1. The lowest BCUT2D eigenvalue weighted by Gasteiger charge is -2.00. The van der Waals surface area contributed by atoms with Crippen molar-refractivity contribution < 1.29 is 9.90 Å². The van der Waals surface area contributed by atoms with Gasteiger partial charge in [-0.15, -0.1) is 0 Å². The van der Waals surface area contributed by atoms with Gasteiger partial charge in [0, 0.05) is 18.3 Å². The van der Waals surface area contributed by atoms with Crippen molar-refractivity contribution >= 4 is 5.97 Å². The minimum absolute atomic E-state index is 0.0649. The Kier molecular flexibility index (Phi) is 3.77. The van der Waals surface area contributed by atoms with Gasteiger partial charge in [-0.3, -0.25) is 9.48 Å². The second kappa shape index (κ2) is 5.49. The molecule has 0 aliphatic heterocycles. The Labute approximate surface area is 106 Å². The first-order chi connectivity index (χ1) is 8.69. The molecule has 0 aliphatic carbocycles. The topological polar surface area (TPSA) is 55.1 Å². The summed E-state index contributed by atoms with van der Waals surface area (Å²) < 4.78 is 1.92. The fourth-order valence-electron chi connectivity index (χ4n) is 1.85. The van der Waals surface area contributed by atoms with E-state index >= 15 is 0 Å². The zero-order chi connectivity index (χ0) is 13.0. The smallest absolute Gasteiger partial charge is 0.307 e. The fraction of sp³-hybridized carbons (Fsp3) is 0.286. The van der Waals surface area contributed by atoms with Gasteiger partial charge in [0.1, 0.15) is 0 Å². The first kappa shape index (κ1) is 12.4. The largest absolute Gasteiger partial charge is 0.481 e. The number of aromatic nitrogens is 2. The van der Waals surface area contributed by atoms with E-state index in [1.54, 1.807) is 0 Å². The molecule has 1 aromatic carbocycles. The summed E-state index contributed by atoms with van der Waals surface area (Å²) in [7, 11) is 0. The molecule has 0 radical (unpaired) electrons. The van der Waals surface area contributed by atoms with Crippen molar-refractivity contribution in [3.8, 4) is 11.1 Å². The molecule has 0 aliphatic rings. The van der Waals surface area contributed by atoms with E-state index in [2.05, 4.69) is 12.0 Å². The molecule has 1 N–H and O–H groups in total. The van der Waals surface area contributed by atoms with E-state index in [0.717, 1.165) is 29.7 Å². The van der Waals surface area contributed by atoms with Crippen LogP contribution in [0.4, 0.5) is 0 Å². The zero-order valence-electron chi connectivity index (χ0n) is 10.3. The maximum Gasteiger partial charge on any atom is 0.307 e. The van der Waals surface area contributed by atoms with Crippen molar-refractivity contribution in [2.45, 2.75) is 26.3 Å². The van der Waals surface area contributed by atoms with Crippen LogP contribution < -0.4 is 0 Å². The lowest BCUT2D eigenvalue weighted by Crippen LogP contribution is -1.99. The predicted octanol–water partition coefficient (Wildman–Crippen LogP) is 2.59.